The Labute approximate surface area is 157 Å². The van der Waals surface area contributed by atoms with Crippen LogP contribution in [0.3, 0.4) is 0 Å². The average Bonchev–Trinajstić information content (AvgIpc) is 2.68. The van der Waals surface area contributed by atoms with Crippen LogP contribution >= 0.6 is 0 Å². The number of alkyl halides is 2. The molecular formula is C21H23F2NO3. The minimum Gasteiger partial charge on any atom is -0.435 e. The number of hydrogen-bond donors (Lipinski definition) is 1. The maximum absolute atomic E-state index is 12.1. The summed E-state index contributed by atoms with van der Waals surface area (Å²) in [5.41, 5.74) is 3.04. The van der Waals surface area contributed by atoms with E-state index in [0.717, 1.165) is 19.3 Å². The Bertz CT molecular complexity index is 749. The summed E-state index contributed by atoms with van der Waals surface area (Å²) in [6, 6.07) is 14.0. The van der Waals surface area contributed by atoms with Crippen LogP contribution in [0.2, 0.25) is 0 Å². The third kappa shape index (κ3) is 5.50. The lowest BCUT2D eigenvalue weighted by Gasteiger charge is -2.25. The van der Waals surface area contributed by atoms with Crippen molar-refractivity contribution in [3.8, 4) is 5.75 Å². The molecule has 0 radical (unpaired) electrons. The highest BCUT2D eigenvalue weighted by Crippen LogP contribution is 2.32. The summed E-state index contributed by atoms with van der Waals surface area (Å²) in [4.78, 5) is 12.1. The fourth-order valence-corrected chi connectivity index (χ4v) is 3.27. The Hall–Kier alpha value is -2.47. The molecule has 1 amide bonds. The summed E-state index contributed by atoms with van der Waals surface area (Å²) in [5.74, 6) is -0.218. The van der Waals surface area contributed by atoms with Crippen LogP contribution in [0.1, 0.15) is 46.9 Å². The number of hydrogen-bond acceptors (Lipinski definition) is 3. The smallest absolute Gasteiger partial charge is 0.387 e. The first-order valence-electron chi connectivity index (χ1n) is 9.16. The number of rotatable bonds is 8. The molecule has 1 atom stereocenters. The number of nitrogens with one attached hydrogen (secondary N) is 1. The molecule has 2 aromatic carbocycles. The van der Waals surface area contributed by atoms with Crippen molar-refractivity contribution in [1.82, 2.24) is 5.32 Å². The van der Waals surface area contributed by atoms with E-state index in [0.29, 0.717) is 25.1 Å². The van der Waals surface area contributed by atoms with Crippen LogP contribution in [0.15, 0.2) is 48.5 Å². The quantitative estimate of drug-likeness (QED) is 0.691. The molecule has 0 saturated heterocycles. The first-order chi connectivity index (χ1) is 13.1. The third-order valence-corrected chi connectivity index (χ3v) is 4.58. The molecule has 0 saturated carbocycles. The predicted octanol–water partition coefficient (Wildman–Crippen LogP) is 4.50. The van der Waals surface area contributed by atoms with E-state index >= 15 is 0 Å². The number of ether oxygens (including phenoxy) is 2. The van der Waals surface area contributed by atoms with Gasteiger partial charge in [0.1, 0.15) is 5.75 Å². The van der Waals surface area contributed by atoms with Crippen LogP contribution in [0.25, 0.3) is 0 Å². The summed E-state index contributed by atoms with van der Waals surface area (Å²) in [6.07, 6.45) is 4.10. The second-order valence-electron chi connectivity index (χ2n) is 6.46. The Morgan fingerprint density at radius 2 is 1.93 bits per heavy atom. The SMILES string of the molecule is O=C(NCCCOC1CCCc2ccccc21)c1ccc(OC(F)F)cc1. The Balaban J connectivity index is 1.39. The lowest BCUT2D eigenvalue weighted by Crippen LogP contribution is -2.25. The Kier molecular flexibility index (Phi) is 6.76. The molecule has 2 aromatic rings. The molecule has 4 nitrogen and oxygen atoms in total. The van der Waals surface area contributed by atoms with Gasteiger partial charge in [0.15, 0.2) is 0 Å². The molecule has 0 aromatic heterocycles. The number of aryl methyl sites for hydroxylation is 1. The summed E-state index contributed by atoms with van der Waals surface area (Å²) in [5, 5.41) is 2.81. The van der Waals surface area contributed by atoms with E-state index in [1.807, 2.05) is 6.07 Å². The Morgan fingerprint density at radius 1 is 1.15 bits per heavy atom. The van der Waals surface area contributed by atoms with Gasteiger partial charge in [-0.15, -0.1) is 0 Å². The van der Waals surface area contributed by atoms with Crippen LogP contribution in [0.5, 0.6) is 5.75 Å². The van der Waals surface area contributed by atoms with Gasteiger partial charge in [0.05, 0.1) is 6.10 Å². The van der Waals surface area contributed by atoms with Crippen LogP contribution in [0, 0.1) is 0 Å². The highest BCUT2D eigenvalue weighted by Gasteiger charge is 2.19. The van der Waals surface area contributed by atoms with E-state index in [4.69, 9.17) is 4.74 Å². The molecule has 0 aliphatic heterocycles. The van der Waals surface area contributed by atoms with Crippen LogP contribution in [0.4, 0.5) is 8.78 Å². The largest absolute Gasteiger partial charge is 0.435 e. The fourth-order valence-electron chi connectivity index (χ4n) is 3.27. The number of halogens is 2. The minimum atomic E-state index is -2.87. The van der Waals surface area contributed by atoms with E-state index in [1.165, 1.54) is 35.4 Å². The molecular weight excluding hydrogens is 352 g/mol. The molecule has 1 aliphatic rings. The number of fused-ring (bicyclic) bond motifs is 1. The first kappa shape index (κ1) is 19.3. The van der Waals surface area contributed by atoms with Gasteiger partial charge >= 0.3 is 6.61 Å². The lowest BCUT2D eigenvalue weighted by atomic mass is 9.89. The van der Waals surface area contributed by atoms with E-state index < -0.39 is 6.61 Å². The Morgan fingerprint density at radius 3 is 2.70 bits per heavy atom. The zero-order chi connectivity index (χ0) is 19.1. The second-order valence-corrected chi connectivity index (χ2v) is 6.46. The van der Waals surface area contributed by atoms with Crippen molar-refractivity contribution < 1.29 is 23.0 Å². The second kappa shape index (κ2) is 9.46. The number of amides is 1. The van der Waals surface area contributed by atoms with Gasteiger partial charge in [-0.1, -0.05) is 24.3 Å². The number of carbonyl (C=O) groups excluding carboxylic acids is 1. The maximum Gasteiger partial charge on any atom is 0.387 e. The molecule has 0 heterocycles. The lowest BCUT2D eigenvalue weighted by molar-refractivity contribution is -0.0498. The summed E-state index contributed by atoms with van der Waals surface area (Å²) in [7, 11) is 0. The van der Waals surface area contributed by atoms with Crippen molar-refractivity contribution in [3.63, 3.8) is 0 Å². The van der Waals surface area contributed by atoms with E-state index in [2.05, 4.69) is 28.3 Å². The van der Waals surface area contributed by atoms with E-state index in [9.17, 15) is 13.6 Å². The van der Waals surface area contributed by atoms with Gasteiger partial charge in [0, 0.05) is 18.7 Å². The molecule has 0 fully saturated rings. The fraction of sp³-hybridized carbons (Fsp3) is 0.381. The molecule has 27 heavy (non-hydrogen) atoms. The van der Waals surface area contributed by atoms with Gasteiger partial charge < -0.3 is 14.8 Å². The van der Waals surface area contributed by atoms with Crippen LogP contribution < -0.4 is 10.1 Å². The normalized spacial score (nSPS) is 16.0. The first-order valence-corrected chi connectivity index (χ1v) is 9.16. The van der Waals surface area contributed by atoms with Gasteiger partial charge in [0.25, 0.3) is 5.91 Å². The maximum atomic E-state index is 12.1. The van der Waals surface area contributed by atoms with Gasteiger partial charge in [0.2, 0.25) is 0 Å². The van der Waals surface area contributed by atoms with E-state index in [1.54, 1.807) is 0 Å². The summed E-state index contributed by atoms with van der Waals surface area (Å²) >= 11 is 0. The number of carbonyl (C=O) groups is 1. The van der Waals surface area contributed by atoms with E-state index in [-0.39, 0.29) is 17.8 Å². The summed E-state index contributed by atoms with van der Waals surface area (Å²) < 4.78 is 34.5. The molecule has 1 aliphatic carbocycles. The summed E-state index contributed by atoms with van der Waals surface area (Å²) in [6.45, 7) is -1.82. The predicted molar refractivity (Wildman–Crippen MR) is 98.1 cm³/mol. The monoisotopic (exact) mass is 375 g/mol. The third-order valence-electron chi connectivity index (χ3n) is 4.58. The highest BCUT2D eigenvalue weighted by atomic mass is 19.3. The molecule has 144 valence electrons. The highest BCUT2D eigenvalue weighted by molar-refractivity contribution is 5.94. The number of benzene rings is 2. The van der Waals surface area contributed by atoms with Gasteiger partial charge in [-0.3, -0.25) is 4.79 Å². The van der Waals surface area contributed by atoms with Gasteiger partial charge in [-0.25, -0.2) is 0 Å². The minimum absolute atomic E-state index is 0.0303. The zero-order valence-corrected chi connectivity index (χ0v) is 15.0. The molecule has 0 spiro atoms. The van der Waals surface area contributed by atoms with Gasteiger partial charge in [-0.05, 0) is 61.1 Å². The van der Waals surface area contributed by atoms with Crippen molar-refractivity contribution in [2.75, 3.05) is 13.2 Å². The molecule has 6 heteroatoms. The molecule has 0 bridgehead atoms. The van der Waals surface area contributed by atoms with Crippen molar-refractivity contribution in [2.24, 2.45) is 0 Å². The van der Waals surface area contributed by atoms with Crippen LogP contribution in [-0.4, -0.2) is 25.7 Å². The zero-order valence-electron chi connectivity index (χ0n) is 15.0. The molecule has 3 rings (SSSR count). The van der Waals surface area contributed by atoms with Crippen molar-refractivity contribution in [2.45, 2.75) is 38.4 Å². The van der Waals surface area contributed by atoms with Crippen molar-refractivity contribution in [3.05, 3.63) is 65.2 Å². The van der Waals surface area contributed by atoms with Crippen molar-refractivity contribution >= 4 is 5.91 Å². The van der Waals surface area contributed by atoms with Gasteiger partial charge in [-0.2, -0.15) is 8.78 Å². The van der Waals surface area contributed by atoms with Crippen LogP contribution in [-0.2, 0) is 11.2 Å². The van der Waals surface area contributed by atoms with Crippen molar-refractivity contribution in [1.29, 1.82) is 0 Å². The molecule has 1 N–H and O–H groups in total. The average molecular weight is 375 g/mol. The topological polar surface area (TPSA) is 47.6 Å². The molecule has 1 unspecified atom stereocenters. The standard InChI is InChI=1S/C21H23F2NO3/c22-21(23)27-17-11-9-16(10-12-17)20(25)24-13-4-14-26-19-8-3-6-15-5-1-2-7-18(15)19/h1-2,5,7,9-12,19,21H,3-4,6,8,13-14H2,(H,24,25).